The smallest absolute Gasteiger partial charge is 0.335 e. The third kappa shape index (κ3) is 4.18. The summed E-state index contributed by atoms with van der Waals surface area (Å²) in [6, 6.07) is 15.5. The van der Waals surface area contributed by atoms with Crippen molar-refractivity contribution in [1.82, 2.24) is 4.90 Å². The molecule has 0 aliphatic carbocycles. The maximum atomic E-state index is 13.0. The van der Waals surface area contributed by atoms with Gasteiger partial charge in [0, 0.05) is 18.7 Å². The zero-order valence-electron chi connectivity index (χ0n) is 13.9. The second-order valence-electron chi connectivity index (χ2n) is 6.12. The van der Waals surface area contributed by atoms with Crippen molar-refractivity contribution in [3.63, 3.8) is 0 Å². The summed E-state index contributed by atoms with van der Waals surface area (Å²) in [7, 11) is 0. The van der Waals surface area contributed by atoms with Crippen molar-refractivity contribution in [1.29, 1.82) is 0 Å². The van der Waals surface area contributed by atoms with Crippen LogP contribution in [0.25, 0.3) is 0 Å². The summed E-state index contributed by atoms with van der Waals surface area (Å²) in [6.45, 7) is 1.51. The van der Waals surface area contributed by atoms with Gasteiger partial charge in [-0.05, 0) is 43.5 Å². The van der Waals surface area contributed by atoms with Crippen LogP contribution >= 0.6 is 0 Å². The van der Waals surface area contributed by atoms with Crippen LogP contribution in [0.5, 0.6) is 5.75 Å². The molecule has 2 aromatic rings. The van der Waals surface area contributed by atoms with E-state index in [2.05, 4.69) is 0 Å². The Morgan fingerprint density at radius 2 is 1.56 bits per heavy atom. The molecule has 25 heavy (non-hydrogen) atoms. The topological polar surface area (TPSA) is 66.8 Å². The molecule has 1 heterocycles. The number of piperidine rings is 1. The van der Waals surface area contributed by atoms with Gasteiger partial charge in [0.2, 0.25) is 6.10 Å². The predicted octanol–water partition coefficient (Wildman–Crippen LogP) is 3.52. The normalized spacial score (nSPS) is 15.4. The van der Waals surface area contributed by atoms with Gasteiger partial charge in [-0.1, -0.05) is 30.3 Å². The highest BCUT2D eigenvalue weighted by Crippen LogP contribution is 2.26. The van der Waals surface area contributed by atoms with Crippen molar-refractivity contribution in [2.75, 3.05) is 13.1 Å². The van der Waals surface area contributed by atoms with Gasteiger partial charge in [0.15, 0.2) is 0 Å². The molecule has 0 unspecified atom stereocenters. The second kappa shape index (κ2) is 7.83. The average molecular weight is 339 g/mol. The molecule has 1 N–H and O–H groups in total. The van der Waals surface area contributed by atoms with Crippen molar-refractivity contribution in [2.45, 2.75) is 25.4 Å². The zero-order chi connectivity index (χ0) is 17.6. The van der Waals surface area contributed by atoms with Gasteiger partial charge in [-0.2, -0.15) is 0 Å². The van der Waals surface area contributed by atoms with Crippen LogP contribution in [0.4, 0.5) is 0 Å². The lowest BCUT2D eigenvalue weighted by Crippen LogP contribution is -2.40. The van der Waals surface area contributed by atoms with E-state index in [1.807, 2.05) is 35.2 Å². The van der Waals surface area contributed by atoms with Crippen molar-refractivity contribution in [2.24, 2.45) is 0 Å². The highest BCUT2D eigenvalue weighted by molar-refractivity contribution is 5.87. The number of carbonyl (C=O) groups is 2. The van der Waals surface area contributed by atoms with E-state index < -0.39 is 12.1 Å². The quantitative estimate of drug-likeness (QED) is 0.905. The molecule has 1 fully saturated rings. The lowest BCUT2D eigenvalue weighted by Gasteiger charge is -2.30. The van der Waals surface area contributed by atoms with Crippen LogP contribution in [-0.2, 0) is 4.79 Å². The van der Waals surface area contributed by atoms with Crippen molar-refractivity contribution in [3.05, 3.63) is 65.7 Å². The first kappa shape index (κ1) is 17.0. The zero-order valence-corrected chi connectivity index (χ0v) is 13.9. The second-order valence-corrected chi connectivity index (χ2v) is 6.12. The fraction of sp³-hybridized carbons (Fsp3) is 0.300. The van der Waals surface area contributed by atoms with E-state index in [0.29, 0.717) is 5.75 Å². The molecule has 0 radical (unpaired) electrons. The molecular formula is C20H21NO4. The molecule has 5 nitrogen and oxygen atoms in total. The Morgan fingerprint density at radius 3 is 2.16 bits per heavy atom. The van der Waals surface area contributed by atoms with E-state index in [-0.39, 0.29) is 11.5 Å². The molecule has 5 heteroatoms. The first-order valence-corrected chi connectivity index (χ1v) is 8.49. The molecule has 1 atom stereocenters. The van der Waals surface area contributed by atoms with Crippen LogP contribution < -0.4 is 4.74 Å². The summed E-state index contributed by atoms with van der Waals surface area (Å²) >= 11 is 0. The first-order valence-electron chi connectivity index (χ1n) is 8.49. The van der Waals surface area contributed by atoms with Gasteiger partial charge < -0.3 is 14.7 Å². The molecule has 3 rings (SSSR count). The van der Waals surface area contributed by atoms with E-state index in [0.717, 1.165) is 37.9 Å². The van der Waals surface area contributed by atoms with Crippen LogP contribution in [0.15, 0.2) is 54.6 Å². The van der Waals surface area contributed by atoms with E-state index in [1.165, 1.54) is 12.1 Å². The Balaban J connectivity index is 1.83. The number of carbonyl (C=O) groups excluding carboxylic acids is 1. The van der Waals surface area contributed by atoms with Crippen LogP contribution in [0.2, 0.25) is 0 Å². The first-order chi connectivity index (χ1) is 12.1. The highest BCUT2D eigenvalue weighted by Gasteiger charge is 2.28. The van der Waals surface area contributed by atoms with Gasteiger partial charge in [-0.3, -0.25) is 4.79 Å². The number of likely N-dealkylation sites (tertiary alicyclic amines) is 1. The predicted molar refractivity (Wildman–Crippen MR) is 93.6 cm³/mol. The maximum Gasteiger partial charge on any atom is 0.335 e. The number of nitrogens with zero attached hydrogens (tertiary/aromatic N) is 1. The number of aromatic carboxylic acids is 1. The summed E-state index contributed by atoms with van der Waals surface area (Å²) in [5.74, 6) is -0.562. The van der Waals surface area contributed by atoms with Crippen LogP contribution in [0, 0.1) is 0 Å². The molecule has 0 spiro atoms. The van der Waals surface area contributed by atoms with E-state index >= 15 is 0 Å². The molecule has 0 saturated carbocycles. The molecule has 1 aliphatic rings. The van der Waals surface area contributed by atoms with Crippen LogP contribution in [-0.4, -0.2) is 35.0 Å². The largest absolute Gasteiger partial charge is 0.478 e. The molecular weight excluding hydrogens is 318 g/mol. The van der Waals surface area contributed by atoms with Gasteiger partial charge in [-0.15, -0.1) is 0 Å². The summed E-state index contributed by atoms with van der Waals surface area (Å²) in [5.41, 5.74) is 0.978. The van der Waals surface area contributed by atoms with Crippen molar-refractivity contribution >= 4 is 11.9 Å². The standard InChI is InChI=1S/C20H21NO4/c22-19(21-13-5-2-6-14-21)18(15-7-3-1-4-8-15)25-17-11-9-16(10-12-17)20(23)24/h1,3-4,7-12,18H,2,5-6,13-14H2,(H,23,24)/t18-/m0/s1. The minimum absolute atomic E-state index is 0.0480. The van der Waals surface area contributed by atoms with Gasteiger partial charge in [0.25, 0.3) is 5.91 Å². The molecule has 1 saturated heterocycles. The number of hydrogen-bond acceptors (Lipinski definition) is 3. The van der Waals surface area contributed by atoms with Crippen LogP contribution in [0.1, 0.15) is 41.3 Å². The number of hydrogen-bond donors (Lipinski definition) is 1. The van der Waals surface area contributed by atoms with Gasteiger partial charge >= 0.3 is 5.97 Å². The number of rotatable bonds is 5. The minimum atomic E-state index is -0.990. The molecule has 0 bridgehead atoms. The SMILES string of the molecule is O=C(O)c1ccc(O[C@H](C(=O)N2CCCCC2)c2ccccc2)cc1. The lowest BCUT2D eigenvalue weighted by molar-refractivity contribution is -0.140. The number of benzene rings is 2. The van der Waals surface area contributed by atoms with Gasteiger partial charge in [-0.25, -0.2) is 4.79 Å². The van der Waals surface area contributed by atoms with E-state index in [4.69, 9.17) is 9.84 Å². The summed E-state index contributed by atoms with van der Waals surface area (Å²) in [6.07, 6.45) is 2.45. The van der Waals surface area contributed by atoms with E-state index in [9.17, 15) is 9.59 Å². The summed E-state index contributed by atoms with van der Waals surface area (Å²) in [5, 5.41) is 8.99. The average Bonchev–Trinajstić information content (AvgIpc) is 2.67. The third-order valence-corrected chi connectivity index (χ3v) is 4.35. The molecule has 1 aliphatic heterocycles. The molecule has 130 valence electrons. The number of carboxylic acid groups (broad SMARTS) is 1. The minimum Gasteiger partial charge on any atom is -0.478 e. The maximum absolute atomic E-state index is 13.0. The molecule has 0 aromatic heterocycles. The number of ether oxygens (including phenoxy) is 1. The fourth-order valence-electron chi connectivity index (χ4n) is 2.98. The van der Waals surface area contributed by atoms with Gasteiger partial charge in [0.05, 0.1) is 5.56 Å². The highest BCUT2D eigenvalue weighted by atomic mass is 16.5. The molecule has 2 aromatic carbocycles. The van der Waals surface area contributed by atoms with E-state index in [1.54, 1.807) is 12.1 Å². The summed E-state index contributed by atoms with van der Waals surface area (Å²) in [4.78, 5) is 25.8. The number of amides is 1. The summed E-state index contributed by atoms with van der Waals surface area (Å²) < 4.78 is 5.97. The number of carboxylic acids is 1. The van der Waals surface area contributed by atoms with Gasteiger partial charge in [0.1, 0.15) is 5.75 Å². The fourth-order valence-corrected chi connectivity index (χ4v) is 2.98. The Hall–Kier alpha value is -2.82. The Morgan fingerprint density at radius 1 is 0.920 bits per heavy atom. The van der Waals surface area contributed by atoms with Crippen LogP contribution in [0.3, 0.4) is 0 Å². The Kier molecular flexibility index (Phi) is 5.33. The Bertz CT molecular complexity index is 721. The lowest BCUT2D eigenvalue weighted by atomic mass is 10.1. The van der Waals surface area contributed by atoms with Crippen molar-refractivity contribution < 1.29 is 19.4 Å². The van der Waals surface area contributed by atoms with Crippen molar-refractivity contribution in [3.8, 4) is 5.75 Å². The third-order valence-electron chi connectivity index (χ3n) is 4.35. The monoisotopic (exact) mass is 339 g/mol. The Labute approximate surface area is 146 Å². The molecule has 1 amide bonds.